The van der Waals surface area contributed by atoms with E-state index < -0.39 is 0 Å². The molecule has 0 aliphatic carbocycles. The van der Waals surface area contributed by atoms with Crippen molar-refractivity contribution in [1.29, 1.82) is 0 Å². The van der Waals surface area contributed by atoms with E-state index in [0.29, 0.717) is 28.6 Å². The number of carbonyl (C=O) groups is 1. The Kier molecular flexibility index (Phi) is 3.50. The Morgan fingerprint density at radius 3 is 2.96 bits per heavy atom. The summed E-state index contributed by atoms with van der Waals surface area (Å²) in [7, 11) is 0. The second-order valence-corrected chi connectivity index (χ2v) is 6.79. The van der Waals surface area contributed by atoms with Crippen molar-refractivity contribution in [3.05, 3.63) is 39.6 Å². The number of benzene rings is 1. The number of aromatic hydroxyl groups is 1. The Labute approximate surface area is 143 Å². The number of aryl methyl sites for hydroxylation is 1. The number of phenolic OH excluding ortho intramolecular Hbond substituents is 1. The van der Waals surface area contributed by atoms with Gasteiger partial charge in [0.2, 0.25) is 5.91 Å². The van der Waals surface area contributed by atoms with Gasteiger partial charge in [0.1, 0.15) is 5.75 Å². The minimum Gasteiger partial charge on any atom is -0.508 e. The van der Waals surface area contributed by atoms with Gasteiger partial charge in [-0.1, -0.05) is 23.2 Å². The number of anilines is 1. The van der Waals surface area contributed by atoms with Crippen LogP contribution in [0.3, 0.4) is 0 Å². The van der Waals surface area contributed by atoms with Gasteiger partial charge in [-0.05, 0) is 25.0 Å². The second kappa shape index (κ2) is 5.42. The molecule has 1 atom stereocenters. The molecule has 1 amide bonds. The maximum Gasteiger partial charge on any atom is 0.227 e. The number of nitrogens with zero attached hydrogens (tertiary/aromatic N) is 3. The van der Waals surface area contributed by atoms with Gasteiger partial charge in [-0.25, -0.2) is 0 Å². The van der Waals surface area contributed by atoms with Gasteiger partial charge in [0, 0.05) is 31.0 Å². The summed E-state index contributed by atoms with van der Waals surface area (Å²) in [6.45, 7) is 1.38. The zero-order valence-corrected chi connectivity index (χ0v) is 13.8. The first-order valence-corrected chi connectivity index (χ1v) is 8.33. The average molecular weight is 352 g/mol. The summed E-state index contributed by atoms with van der Waals surface area (Å²) in [6.07, 6.45) is 4.06. The molecule has 1 saturated heterocycles. The molecule has 23 heavy (non-hydrogen) atoms. The largest absolute Gasteiger partial charge is 0.508 e. The molecule has 1 aromatic heterocycles. The number of phenols is 1. The quantitative estimate of drug-likeness (QED) is 0.902. The molecule has 0 bridgehead atoms. The van der Waals surface area contributed by atoms with Gasteiger partial charge >= 0.3 is 0 Å². The van der Waals surface area contributed by atoms with Crippen molar-refractivity contribution in [1.82, 2.24) is 9.78 Å². The van der Waals surface area contributed by atoms with Gasteiger partial charge in [0.15, 0.2) is 0 Å². The highest BCUT2D eigenvalue weighted by Crippen LogP contribution is 2.43. The van der Waals surface area contributed by atoms with Crippen molar-refractivity contribution in [3.8, 4) is 5.75 Å². The molecule has 0 saturated carbocycles. The summed E-state index contributed by atoms with van der Waals surface area (Å²) in [5.74, 6) is -0.0712. The average Bonchev–Trinajstić information content (AvgIpc) is 3.19. The number of hydrogen-bond donors (Lipinski definition) is 1. The predicted octanol–water partition coefficient (Wildman–Crippen LogP) is 3.36. The maximum absolute atomic E-state index is 12.5. The number of rotatable bonds is 2. The third-order valence-electron chi connectivity index (χ3n) is 4.64. The smallest absolute Gasteiger partial charge is 0.227 e. The third kappa shape index (κ3) is 2.30. The van der Waals surface area contributed by atoms with Crippen LogP contribution < -0.4 is 4.90 Å². The summed E-state index contributed by atoms with van der Waals surface area (Å²) in [4.78, 5) is 14.3. The fraction of sp³-hybridized carbons (Fsp3) is 0.375. The maximum atomic E-state index is 12.5. The van der Waals surface area contributed by atoms with Crippen LogP contribution in [0.1, 0.15) is 30.0 Å². The molecular formula is C16H15Cl2N3O2. The van der Waals surface area contributed by atoms with Crippen LogP contribution in [0, 0.1) is 0 Å². The van der Waals surface area contributed by atoms with Crippen LogP contribution in [-0.4, -0.2) is 27.3 Å². The lowest BCUT2D eigenvalue weighted by Crippen LogP contribution is -2.25. The normalized spacial score (nSPS) is 20.3. The van der Waals surface area contributed by atoms with E-state index in [1.165, 1.54) is 6.07 Å². The molecule has 0 radical (unpaired) electrons. The number of hydrogen-bond acceptors (Lipinski definition) is 3. The summed E-state index contributed by atoms with van der Waals surface area (Å²) in [6, 6.07) is 3.08. The van der Waals surface area contributed by atoms with E-state index >= 15 is 0 Å². The Bertz CT molecular complexity index is 803. The van der Waals surface area contributed by atoms with Gasteiger partial charge < -0.3 is 10.0 Å². The number of halogens is 2. The first-order valence-electron chi connectivity index (χ1n) is 7.58. The molecule has 7 heteroatoms. The van der Waals surface area contributed by atoms with E-state index in [4.69, 9.17) is 23.2 Å². The first-order chi connectivity index (χ1) is 11.1. The minimum atomic E-state index is -0.175. The highest BCUT2D eigenvalue weighted by Gasteiger charge is 2.36. The zero-order valence-electron chi connectivity index (χ0n) is 12.3. The van der Waals surface area contributed by atoms with E-state index in [-0.39, 0.29) is 17.6 Å². The zero-order chi connectivity index (χ0) is 16.1. The Hall–Kier alpha value is -1.72. The molecule has 1 N–H and O–H groups in total. The monoisotopic (exact) mass is 351 g/mol. The molecule has 1 aromatic carbocycles. The van der Waals surface area contributed by atoms with Crippen molar-refractivity contribution in [3.63, 3.8) is 0 Å². The molecule has 2 aromatic rings. The SMILES string of the molecule is O=C1CC(c2c(O)ccc(Cl)c2Cl)CN1c1cnn2c1CCC2. The molecule has 4 rings (SSSR count). The van der Waals surface area contributed by atoms with Gasteiger partial charge in [0.05, 0.1) is 27.6 Å². The third-order valence-corrected chi connectivity index (χ3v) is 5.46. The van der Waals surface area contributed by atoms with Crippen LogP contribution >= 0.6 is 23.2 Å². The number of aromatic nitrogens is 2. The lowest BCUT2D eigenvalue weighted by molar-refractivity contribution is -0.117. The fourth-order valence-corrected chi connectivity index (χ4v) is 4.03. The van der Waals surface area contributed by atoms with Crippen molar-refractivity contribution in [2.24, 2.45) is 0 Å². The van der Waals surface area contributed by atoms with E-state index in [2.05, 4.69) is 5.10 Å². The second-order valence-electron chi connectivity index (χ2n) is 6.00. The van der Waals surface area contributed by atoms with Crippen LogP contribution in [0.25, 0.3) is 0 Å². The van der Waals surface area contributed by atoms with E-state index in [9.17, 15) is 9.90 Å². The first kappa shape index (κ1) is 14.8. The van der Waals surface area contributed by atoms with Gasteiger partial charge in [0.25, 0.3) is 0 Å². The molecule has 5 nitrogen and oxygen atoms in total. The fourth-order valence-electron chi connectivity index (χ4n) is 3.55. The van der Waals surface area contributed by atoms with Crippen molar-refractivity contribution in [2.75, 3.05) is 11.4 Å². The summed E-state index contributed by atoms with van der Waals surface area (Å²) in [5.41, 5.74) is 2.55. The summed E-state index contributed by atoms with van der Waals surface area (Å²) >= 11 is 12.3. The van der Waals surface area contributed by atoms with E-state index in [1.807, 2.05) is 4.68 Å². The van der Waals surface area contributed by atoms with Crippen molar-refractivity contribution < 1.29 is 9.90 Å². The molecule has 3 heterocycles. The van der Waals surface area contributed by atoms with Crippen LogP contribution in [0.15, 0.2) is 18.3 Å². The predicted molar refractivity (Wildman–Crippen MR) is 88.4 cm³/mol. The summed E-state index contributed by atoms with van der Waals surface area (Å²) in [5, 5.41) is 15.2. The topological polar surface area (TPSA) is 58.4 Å². The highest BCUT2D eigenvalue weighted by molar-refractivity contribution is 6.42. The molecule has 1 unspecified atom stereocenters. The van der Waals surface area contributed by atoms with Gasteiger partial charge in [-0.3, -0.25) is 9.48 Å². The van der Waals surface area contributed by atoms with Crippen molar-refractivity contribution in [2.45, 2.75) is 31.7 Å². The Morgan fingerprint density at radius 1 is 1.30 bits per heavy atom. The Morgan fingerprint density at radius 2 is 2.13 bits per heavy atom. The minimum absolute atomic E-state index is 0.0214. The van der Waals surface area contributed by atoms with Crippen molar-refractivity contribution >= 4 is 34.8 Å². The highest BCUT2D eigenvalue weighted by atomic mass is 35.5. The number of carbonyl (C=O) groups excluding carboxylic acids is 1. The number of fused-ring (bicyclic) bond motifs is 1. The molecule has 2 aliphatic heterocycles. The van der Waals surface area contributed by atoms with E-state index in [1.54, 1.807) is 17.2 Å². The molecule has 120 valence electrons. The van der Waals surface area contributed by atoms with Crippen LogP contribution in [-0.2, 0) is 17.8 Å². The standard InChI is InChI=1S/C16H15Cl2N3O2/c17-10-3-4-13(22)15(16(10)18)9-6-14(23)20(8-9)12-7-19-21-5-1-2-11(12)21/h3-4,7,9,22H,1-2,5-6,8H2. The Balaban J connectivity index is 1.68. The molecule has 1 fully saturated rings. The molecule has 0 spiro atoms. The number of amides is 1. The lowest BCUT2D eigenvalue weighted by atomic mass is 9.97. The molecular weight excluding hydrogens is 337 g/mol. The van der Waals surface area contributed by atoms with Gasteiger partial charge in [-0.2, -0.15) is 5.10 Å². The lowest BCUT2D eigenvalue weighted by Gasteiger charge is -2.18. The summed E-state index contributed by atoms with van der Waals surface area (Å²) < 4.78 is 1.96. The molecule has 2 aliphatic rings. The van der Waals surface area contributed by atoms with Crippen LogP contribution in [0.4, 0.5) is 5.69 Å². The van der Waals surface area contributed by atoms with Crippen LogP contribution in [0.5, 0.6) is 5.75 Å². The van der Waals surface area contributed by atoms with E-state index in [0.717, 1.165) is 30.8 Å². The van der Waals surface area contributed by atoms with Crippen LogP contribution in [0.2, 0.25) is 10.0 Å². The van der Waals surface area contributed by atoms with Gasteiger partial charge in [-0.15, -0.1) is 0 Å².